The molecule has 1 aliphatic heterocycles. The highest BCUT2D eigenvalue weighted by Gasteiger charge is 2.36. The largest absolute Gasteiger partial charge is 0.481 e. The number of sulfonamides is 1. The number of nitrogens with zero attached hydrogens (tertiary/aromatic N) is 1. The molecule has 1 N–H and O–H groups in total. The minimum absolute atomic E-state index is 0.0159. The lowest BCUT2D eigenvalue weighted by molar-refractivity contribution is -0.143. The molecule has 0 aliphatic carbocycles. The summed E-state index contributed by atoms with van der Waals surface area (Å²) in [6.45, 7) is 5.10. The maximum Gasteiger partial charge on any atom is 0.307 e. The third-order valence-electron chi connectivity index (χ3n) is 4.02. The van der Waals surface area contributed by atoms with Crippen LogP contribution in [0.1, 0.15) is 24.5 Å². The van der Waals surface area contributed by atoms with Gasteiger partial charge in [0, 0.05) is 13.1 Å². The van der Waals surface area contributed by atoms with E-state index in [1.807, 2.05) is 6.92 Å². The topological polar surface area (TPSA) is 74.7 Å². The Labute approximate surface area is 129 Å². The first-order valence-electron chi connectivity index (χ1n) is 7.12. The highest BCUT2D eigenvalue weighted by atomic mass is 32.2. The van der Waals surface area contributed by atoms with Gasteiger partial charge in [0.2, 0.25) is 10.0 Å². The molecular weight excluding hydrogens is 309 g/mol. The SMILES string of the molecule is Cc1cc(S(=O)(=O)N2CC(C)CC(C(=O)O)C2)cc(C)c1F. The fourth-order valence-corrected chi connectivity index (χ4v) is 4.66. The van der Waals surface area contributed by atoms with Crippen LogP contribution in [0.25, 0.3) is 0 Å². The maximum atomic E-state index is 13.7. The van der Waals surface area contributed by atoms with Crippen LogP contribution in [-0.4, -0.2) is 36.9 Å². The Morgan fingerprint density at radius 1 is 1.27 bits per heavy atom. The third kappa shape index (κ3) is 3.15. The van der Waals surface area contributed by atoms with Gasteiger partial charge in [0.1, 0.15) is 5.82 Å². The van der Waals surface area contributed by atoms with E-state index in [1.165, 1.54) is 30.3 Å². The molecule has 122 valence electrons. The summed E-state index contributed by atoms with van der Waals surface area (Å²) in [5.41, 5.74) is 0.525. The second-order valence-corrected chi connectivity index (χ2v) is 8.01. The zero-order chi connectivity index (χ0) is 16.7. The monoisotopic (exact) mass is 329 g/mol. The van der Waals surface area contributed by atoms with E-state index < -0.39 is 27.7 Å². The van der Waals surface area contributed by atoms with Gasteiger partial charge >= 0.3 is 5.97 Å². The number of rotatable bonds is 3. The number of carbonyl (C=O) groups is 1. The van der Waals surface area contributed by atoms with Gasteiger partial charge in [0.05, 0.1) is 10.8 Å². The molecule has 1 heterocycles. The van der Waals surface area contributed by atoms with Crippen LogP contribution >= 0.6 is 0 Å². The number of aliphatic carboxylic acids is 1. The number of carboxylic acid groups (broad SMARTS) is 1. The van der Waals surface area contributed by atoms with Gasteiger partial charge < -0.3 is 5.11 Å². The van der Waals surface area contributed by atoms with Gasteiger partial charge in [-0.3, -0.25) is 4.79 Å². The molecule has 0 bridgehead atoms. The first-order valence-corrected chi connectivity index (χ1v) is 8.56. The predicted molar refractivity (Wildman–Crippen MR) is 79.5 cm³/mol. The summed E-state index contributed by atoms with van der Waals surface area (Å²) in [4.78, 5) is 11.2. The van der Waals surface area contributed by atoms with Crippen molar-refractivity contribution in [2.75, 3.05) is 13.1 Å². The predicted octanol–water partition coefficient (Wildman–Crippen LogP) is 2.17. The Morgan fingerprint density at radius 3 is 2.32 bits per heavy atom. The van der Waals surface area contributed by atoms with Crippen molar-refractivity contribution >= 4 is 16.0 Å². The lowest BCUT2D eigenvalue weighted by Crippen LogP contribution is -2.45. The van der Waals surface area contributed by atoms with Crippen molar-refractivity contribution in [2.24, 2.45) is 11.8 Å². The second-order valence-electron chi connectivity index (χ2n) is 6.07. The molecule has 1 aromatic rings. The van der Waals surface area contributed by atoms with E-state index in [0.29, 0.717) is 6.42 Å². The zero-order valence-electron chi connectivity index (χ0n) is 12.8. The minimum Gasteiger partial charge on any atom is -0.481 e. The molecule has 7 heteroatoms. The van der Waals surface area contributed by atoms with Crippen LogP contribution in [0.4, 0.5) is 4.39 Å². The fourth-order valence-electron chi connectivity index (χ4n) is 2.88. The fraction of sp³-hybridized carbons (Fsp3) is 0.533. The number of benzene rings is 1. The van der Waals surface area contributed by atoms with E-state index in [1.54, 1.807) is 0 Å². The zero-order valence-corrected chi connectivity index (χ0v) is 13.7. The summed E-state index contributed by atoms with van der Waals surface area (Å²) >= 11 is 0. The standard InChI is InChI=1S/C15H20FNO4S/c1-9-4-12(15(18)19)8-17(7-9)22(20,21)13-5-10(2)14(16)11(3)6-13/h5-6,9,12H,4,7-8H2,1-3H3,(H,18,19). The van der Waals surface area contributed by atoms with Gasteiger partial charge in [0.15, 0.2) is 0 Å². The molecule has 5 nitrogen and oxygen atoms in total. The summed E-state index contributed by atoms with van der Waals surface area (Å²) in [6, 6.07) is 2.60. The van der Waals surface area contributed by atoms with Crippen LogP contribution in [0.15, 0.2) is 17.0 Å². The van der Waals surface area contributed by atoms with Crippen molar-refractivity contribution in [2.45, 2.75) is 32.1 Å². The molecule has 1 fully saturated rings. The van der Waals surface area contributed by atoms with E-state index in [9.17, 15) is 17.6 Å². The number of hydrogen-bond donors (Lipinski definition) is 1. The van der Waals surface area contributed by atoms with Gasteiger partial charge in [-0.25, -0.2) is 12.8 Å². The average Bonchev–Trinajstić information content (AvgIpc) is 2.43. The summed E-state index contributed by atoms with van der Waals surface area (Å²) in [7, 11) is -3.82. The smallest absolute Gasteiger partial charge is 0.307 e. The van der Waals surface area contributed by atoms with Gasteiger partial charge in [-0.1, -0.05) is 6.92 Å². The van der Waals surface area contributed by atoms with Crippen molar-refractivity contribution in [1.82, 2.24) is 4.31 Å². The Kier molecular flexibility index (Phi) is 4.58. The van der Waals surface area contributed by atoms with Crippen LogP contribution in [-0.2, 0) is 14.8 Å². The van der Waals surface area contributed by atoms with Gasteiger partial charge in [0.25, 0.3) is 0 Å². The molecule has 1 aromatic carbocycles. The third-order valence-corrected chi connectivity index (χ3v) is 5.83. The van der Waals surface area contributed by atoms with Crippen molar-refractivity contribution in [3.8, 4) is 0 Å². The van der Waals surface area contributed by atoms with E-state index in [4.69, 9.17) is 5.11 Å². The number of piperidine rings is 1. The molecule has 2 atom stereocenters. The summed E-state index contributed by atoms with van der Waals surface area (Å²) in [6.07, 6.45) is 0.461. The summed E-state index contributed by atoms with van der Waals surface area (Å²) in [5.74, 6) is -2.15. The Bertz CT molecular complexity index is 678. The molecule has 0 saturated carbocycles. The van der Waals surface area contributed by atoms with Crippen LogP contribution in [0.3, 0.4) is 0 Å². The number of carboxylic acids is 1. The summed E-state index contributed by atoms with van der Waals surface area (Å²) < 4.78 is 40.3. The Hall–Kier alpha value is -1.47. The van der Waals surface area contributed by atoms with E-state index in [-0.39, 0.29) is 35.0 Å². The van der Waals surface area contributed by atoms with Crippen molar-refractivity contribution in [3.05, 3.63) is 29.1 Å². The molecule has 0 amide bonds. The van der Waals surface area contributed by atoms with Gasteiger partial charge in [-0.2, -0.15) is 4.31 Å². The van der Waals surface area contributed by atoms with E-state index in [2.05, 4.69) is 0 Å². The lowest BCUT2D eigenvalue weighted by Gasteiger charge is -2.33. The minimum atomic E-state index is -3.82. The van der Waals surface area contributed by atoms with Crippen LogP contribution in [0, 0.1) is 31.5 Å². The number of aryl methyl sites for hydroxylation is 2. The van der Waals surface area contributed by atoms with Crippen molar-refractivity contribution < 1.29 is 22.7 Å². The first kappa shape index (κ1) is 16.9. The van der Waals surface area contributed by atoms with Crippen LogP contribution < -0.4 is 0 Å². The molecule has 22 heavy (non-hydrogen) atoms. The molecule has 1 aliphatic rings. The maximum absolute atomic E-state index is 13.7. The first-order chi connectivity index (χ1) is 10.1. The Morgan fingerprint density at radius 2 is 1.82 bits per heavy atom. The van der Waals surface area contributed by atoms with Gasteiger partial charge in [-0.05, 0) is 49.4 Å². The van der Waals surface area contributed by atoms with Gasteiger partial charge in [-0.15, -0.1) is 0 Å². The Balaban J connectivity index is 2.39. The van der Waals surface area contributed by atoms with E-state index in [0.717, 1.165) is 0 Å². The molecule has 2 unspecified atom stereocenters. The molecule has 0 radical (unpaired) electrons. The van der Waals surface area contributed by atoms with Crippen molar-refractivity contribution in [1.29, 1.82) is 0 Å². The molecule has 0 aromatic heterocycles. The van der Waals surface area contributed by atoms with Crippen LogP contribution in [0.2, 0.25) is 0 Å². The quantitative estimate of drug-likeness (QED) is 0.922. The highest BCUT2D eigenvalue weighted by Crippen LogP contribution is 2.28. The second kappa shape index (κ2) is 5.96. The number of hydrogen-bond acceptors (Lipinski definition) is 3. The lowest BCUT2D eigenvalue weighted by atomic mass is 9.92. The molecule has 2 rings (SSSR count). The highest BCUT2D eigenvalue weighted by molar-refractivity contribution is 7.89. The summed E-state index contributed by atoms with van der Waals surface area (Å²) in [5, 5.41) is 9.16. The normalized spacial score (nSPS) is 23.5. The average molecular weight is 329 g/mol. The van der Waals surface area contributed by atoms with E-state index >= 15 is 0 Å². The number of halogens is 1. The molecule has 0 spiro atoms. The molecule has 1 saturated heterocycles. The van der Waals surface area contributed by atoms with Crippen molar-refractivity contribution in [3.63, 3.8) is 0 Å². The molecular formula is C15H20FNO4S. The van der Waals surface area contributed by atoms with Crippen LogP contribution in [0.5, 0.6) is 0 Å².